The molecule has 118 valence electrons. The second-order valence-electron chi connectivity index (χ2n) is 5.07. The molecule has 0 fully saturated rings. The zero-order valence-corrected chi connectivity index (χ0v) is 14.2. The van der Waals surface area contributed by atoms with Gasteiger partial charge in [-0.1, -0.05) is 11.6 Å². The third-order valence-electron chi connectivity index (χ3n) is 3.49. The van der Waals surface area contributed by atoms with E-state index in [1.807, 2.05) is 31.4 Å². The number of nitrogens with zero attached hydrogens (tertiary/aromatic N) is 2. The number of fused-ring (bicyclic) bond motifs is 1. The minimum Gasteiger partial charge on any atom is -0.347 e. The van der Waals surface area contributed by atoms with E-state index in [4.69, 9.17) is 11.6 Å². The van der Waals surface area contributed by atoms with Crippen LogP contribution in [0.3, 0.4) is 0 Å². The molecule has 0 saturated heterocycles. The summed E-state index contributed by atoms with van der Waals surface area (Å²) in [6.45, 7) is 1.90. The minimum absolute atomic E-state index is 0.138. The van der Waals surface area contributed by atoms with E-state index in [0.717, 1.165) is 15.9 Å². The van der Waals surface area contributed by atoms with Crippen LogP contribution in [0.5, 0.6) is 0 Å². The topological polar surface area (TPSA) is 70.7 Å². The number of anilines is 1. The zero-order valence-electron chi connectivity index (χ0n) is 12.6. The van der Waals surface area contributed by atoms with Gasteiger partial charge in [-0.05, 0) is 43.5 Å². The summed E-state index contributed by atoms with van der Waals surface area (Å²) >= 11 is 7.56. The van der Waals surface area contributed by atoms with Gasteiger partial charge in [-0.3, -0.25) is 4.79 Å². The van der Waals surface area contributed by atoms with Gasteiger partial charge in [0.1, 0.15) is 5.03 Å². The molecule has 0 aliphatic carbocycles. The first-order valence-electron chi connectivity index (χ1n) is 7.03. The summed E-state index contributed by atoms with van der Waals surface area (Å²) < 4.78 is 0. The van der Waals surface area contributed by atoms with Crippen LogP contribution in [0.15, 0.2) is 46.3 Å². The van der Waals surface area contributed by atoms with Crippen LogP contribution in [-0.2, 0) is 0 Å². The predicted molar refractivity (Wildman–Crippen MR) is 95.4 cm³/mol. The fraction of sp³-hybridized carbons (Fsp3) is 0.188. The van der Waals surface area contributed by atoms with Gasteiger partial charge in [0.25, 0.3) is 5.56 Å². The van der Waals surface area contributed by atoms with Crippen LogP contribution in [0.2, 0.25) is 5.02 Å². The van der Waals surface area contributed by atoms with E-state index in [9.17, 15) is 4.79 Å². The fourth-order valence-corrected chi connectivity index (χ4v) is 2.87. The summed E-state index contributed by atoms with van der Waals surface area (Å²) in [6, 6.07) is 8.82. The normalized spacial score (nSPS) is 12.3. The number of hydrogen-bond donors (Lipinski definition) is 2. The van der Waals surface area contributed by atoms with Crippen LogP contribution in [-0.4, -0.2) is 21.2 Å². The van der Waals surface area contributed by atoms with Gasteiger partial charge in [-0.25, -0.2) is 9.97 Å². The van der Waals surface area contributed by atoms with Crippen molar-refractivity contribution in [3.63, 3.8) is 0 Å². The Balaban J connectivity index is 1.95. The summed E-state index contributed by atoms with van der Waals surface area (Å²) in [4.78, 5) is 23.7. The van der Waals surface area contributed by atoms with E-state index in [-0.39, 0.29) is 11.6 Å². The van der Waals surface area contributed by atoms with Crippen molar-refractivity contribution < 1.29 is 0 Å². The van der Waals surface area contributed by atoms with Crippen molar-refractivity contribution in [3.05, 3.63) is 57.5 Å². The highest BCUT2D eigenvalue weighted by atomic mass is 35.5. The minimum atomic E-state index is -0.237. The monoisotopic (exact) mass is 346 g/mol. The van der Waals surface area contributed by atoms with Crippen molar-refractivity contribution in [1.82, 2.24) is 15.0 Å². The molecule has 7 heteroatoms. The predicted octanol–water partition coefficient (Wildman–Crippen LogP) is 3.87. The Bertz CT molecular complexity index is 912. The maximum Gasteiger partial charge on any atom is 0.253 e. The molecule has 1 atom stereocenters. The van der Waals surface area contributed by atoms with Crippen molar-refractivity contribution in [2.75, 3.05) is 11.6 Å². The largest absolute Gasteiger partial charge is 0.347 e. The number of halogens is 1. The highest BCUT2D eigenvalue weighted by molar-refractivity contribution is 7.98. The summed E-state index contributed by atoms with van der Waals surface area (Å²) in [5.74, 6) is 0.495. The van der Waals surface area contributed by atoms with Crippen molar-refractivity contribution in [2.45, 2.75) is 18.0 Å². The van der Waals surface area contributed by atoms with Gasteiger partial charge in [0.2, 0.25) is 5.95 Å². The number of rotatable bonds is 4. The van der Waals surface area contributed by atoms with Gasteiger partial charge < -0.3 is 10.3 Å². The molecule has 0 bridgehead atoms. The Labute approximate surface area is 142 Å². The summed E-state index contributed by atoms with van der Waals surface area (Å²) in [5, 5.41) is 5.55. The lowest BCUT2D eigenvalue weighted by Crippen LogP contribution is -2.20. The molecule has 23 heavy (non-hydrogen) atoms. The Kier molecular flexibility index (Phi) is 4.54. The molecule has 0 aliphatic rings. The first-order valence-corrected chi connectivity index (χ1v) is 8.63. The van der Waals surface area contributed by atoms with Crippen LogP contribution in [0.1, 0.15) is 18.5 Å². The Morgan fingerprint density at radius 2 is 2.13 bits per heavy atom. The maximum absolute atomic E-state index is 12.3. The Morgan fingerprint density at radius 1 is 1.30 bits per heavy atom. The van der Waals surface area contributed by atoms with Crippen molar-refractivity contribution >= 4 is 40.2 Å². The van der Waals surface area contributed by atoms with Gasteiger partial charge in [-0.15, -0.1) is 11.8 Å². The first-order chi connectivity index (χ1) is 11.1. The van der Waals surface area contributed by atoms with E-state index >= 15 is 0 Å². The molecule has 3 rings (SSSR count). The molecule has 2 heterocycles. The van der Waals surface area contributed by atoms with Crippen molar-refractivity contribution in [1.29, 1.82) is 0 Å². The van der Waals surface area contributed by atoms with Crippen LogP contribution < -0.4 is 10.9 Å². The van der Waals surface area contributed by atoms with Gasteiger partial charge in [0, 0.05) is 27.7 Å². The summed E-state index contributed by atoms with van der Waals surface area (Å²) in [5.41, 5.74) is 1.23. The van der Waals surface area contributed by atoms with Gasteiger partial charge in [0.15, 0.2) is 0 Å². The lowest BCUT2D eigenvalue weighted by atomic mass is 10.1. The van der Waals surface area contributed by atoms with E-state index in [2.05, 4.69) is 20.3 Å². The van der Waals surface area contributed by atoms with Crippen LogP contribution in [0, 0.1) is 0 Å². The number of hydrogen-bond acceptors (Lipinski definition) is 5. The number of thioether (sulfide) groups is 1. The Morgan fingerprint density at radius 3 is 2.91 bits per heavy atom. The van der Waals surface area contributed by atoms with Crippen LogP contribution >= 0.6 is 23.4 Å². The molecule has 1 unspecified atom stereocenters. The maximum atomic E-state index is 12.3. The molecule has 0 amide bonds. The second-order valence-corrected chi connectivity index (χ2v) is 6.34. The molecular formula is C16H15ClN4OS. The van der Waals surface area contributed by atoms with Crippen LogP contribution in [0.25, 0.3) is 10.9 Å². The summed E-state index contributed by atoms with van der Waals surface area (Å²) in [7, 11) is 0. The third kappa shape index (κ3) is 3.48. The number of benzene rings is 1. The number of pyridine rings is 1. The molecule has 0 saturated carbocycles. The first kappa shape index (κ1) is 15.8. The standard InChI is InChI=1S/C16H15ClN4OS/c1-9(19-16-18-6-5-14(21-16)23-2)12-8-10-7-11(17)3-4-13(10)20-15(12)22/h3-9H,1-2H3,(H,20,22)(H,18,19,21). The molecule has 5 nitrogen and oxygen atoms in total. The van der Waals surface area contributed by atoms with Gasteiger partial charge in [0.05, 0.1) is 6.04 Å². The highest BCUT2D eigenvalue weighted by Gasteiger charge is 2.13. The molecule has 2 N–H and O–H groups in total. The number of aromatic amines is 1. The molecule has 2 aromatic heterocycles. The van der Waals surface area contributed by atoms with Crippen molar-refractivity contribution in [2.24, 2.45) is 0 Å². The number of nitrogens with one attached hydrogen (secondary N) is 2. The summed E-state index contributed by atoms with van der Waals surface area (Å²) in [6.07, 6.45) is 3.64. The SMILES string of the molecule is CSc1ccnc(NC(C)c2cc3cc(Cl)ccc3[nH]c2=O)n1. The zero-order chi connectivity index (χ0) is 16.4. The molecule has 0 aliphatic heterocycles. The van der Waals surface area contributed by atoms with Crippen molar-refractivity contribution in [3.8, 4) is 0 Å². The number of H-pyrrole nitrogens is 1. The lowest BCUT2D eigenvalue weighted by Gasteiger charge is -2.14. The third-order valence-corrected chi connectivity index (χ3v) is 4.37. The highest BCUT2D eigenvalue weighted by Crippen LogP contribution is 2.21. The lowest BCUT2D eigenvalue weighted by molar-refractivity contribution is 0.837. The molecule has 0 spiro atoms. The average Bonchev–Trinajstić information content (AvgIpc) is 2.54. The van der Waals surface area contributed by atoms with E-state index in [1.165, 1.54) is 11.8 Å². The molecule has 3 aromatic rings. The fourth-order valence-electron chi connectivity index (χ4n) is 2.31. The Hall–Kier alpha value is -2.05. The molecule has 1 aromatic carbocycles. The quantitative estimate of drug-likeness (QED) is 0.554. The smallest absolute Gasteiger partial charge is 0.253 e. The second kappa shape index (κ2) is 6.60. The van der Waals surface area contributed by atoms with E-state index in [1.54, 1.807) is 18.3 Å². The van der Waals surface area contributed by atoms with E-state index in [0.29, 0.717) is 16.5 Å². The van der Waals surface area contributed by atoms with Gasteiger partial charge >= 0.3 is 0 Å². The average molecular weight is 347 g/mol. The molecular weight excluding hydrogens is 332 g/mol. The number of aromatic nitrogens is 3. The van der Waals surface area contributed by atoms with Gasteiger partial charge in [-0.2, -0.15) is 0 Å². The van der Waals surface area contributed by atoms with E-state index < -0.39 is 0 Å². The molecule has 0 radical (unpaired) electrons. The van der Waals surface area contributed by atoms with Crippen LogP contribution in [0.4, 0.5) is 5.95 Å².